The van der Waals surface area contributed by atoms with Crippen LogP contribution in [0, 0.1) is 5.92 Å². The zero-order valence-electron chi connectivity index (χ0n) is 11.7. The van der Waals surface area contributed by atoms with Gasteiger partial charge in [-0.2, -0.15) is 0 Å². The highest BCUT2D eigenvalue weighted by Crippen LogP contribution is 2.12. The third-order valence-electron chi connectivity index (χ3n) is 3.20. The molecule has 1 fully saturated rings. The van der Waals surface area contributed by atoms with Crippen LogP contribution in [0.15, 0.2) is 30.3 Å². The number of piperazine rings is 1. The number of carbonyl (C=O) groups is 1. The summed E-state index contributed by atoms with van der Waals surface area (Å²) in [5.41, 5.74) is 0. The standard InChI is InChI=1S/C15H22N2O2/c1-13(2)12-16-8-10-17(11-9-16)15(18)19-14-6-4-3-5-7-14/h3-7,13H,8-12H2,1-2H3. The highest BCUT2D eigenvalue weighted by Gasteiger charge is 2.22. The van der Waals surface area contributed by atoms with Crippen LogP contribution in [0.2, 0.25) is 0 Å². The van der Waals surface area contributed by atoms with E-state index < -0.39 is 0 Å². The minimum Gasteiger partial charge on any atom is -0.410 e. The Kier molecular flexibility index (Phi) is 4.80. The Labute approximate surface area is 115 Å². The van der Waals surface area contributed by atoms with Gasteiger partial charge in [0.25, 0.3) is 0 Å². The molecule has 1 aliphatic heterocycles. The van der Waals surface area contributed by atoms with Crippen LogP contribution < -0.4 is 4.74 Å². The molecule has 0 aromatic heterocycles. The van der Waals surface area contributed by atoms with Gasteiger partial charge in [0, 0.05) is 32.7 Å². The Morgan fingerprint density at radius 2 is 1.79 bits per heavy atom. The largest absolute Gasteiger partial charge is 0.415 e. The van der Waals surface area contributed by atoms with Crippen molar-refractivity contribution in [3.05, 3.63) is 30.3 Å². The second kappa shape index (κ2) is 6.57. The molecule has 1 heterocycles. The molecule has 4 nitrogen and oxygen atoms in total. The summed E-state index contributed by atoms with van der Waals surface area (Å²) in [4.78, 5) is 16.2. The molecule has 0 saturated carbocycles. The molecule has 1 aromatic rings. The molecule has 0 aliphatic carbocycles. The summed E-state index contributed by atoms with van der Waals surface area (Å²) in [6.07, 6.45) is -0.240. The zero-order valence-corrected chi connectivity index (χ0v) is 11.7. The molecular weight excluding hydrogens is 240 g/mol. The fraction of sp³-hybridized carbons (Fsp3) is 0.533. The van der Waals surface area contributed by atoms with Crippen LogP contribution in [-0.4, -0.2) is 48.6 Å². The van der Waals surface area contributed by atoms with Crippen molar-refractivity contribution in [1.82, 2.24) is 9.80 Å². The topological polar surface area (TPSA) is 32.8 Å². The maximum absolute atomic E-state index is 12.0. The smallest absolute Gasteiger partial charge is 0.410 e. The first-order chi connectivity index (χ1) is 9.15. The number of nitrogens with zero attached hydrogens (tertiary/aromatic N) is 2. The van der Waals surface area contributed by atoms with Gasteiger partial charge in [-0.15, -0.1) is 0 Å². The van der Waals surface area contributed by atoms with Crippen LogP contribution in [0.4, 0.5) is 4.79 Å². The normalized spacial score (nSPS) is 16.7. The van der Waals surface area contributed by atoms with Gasteiger partial charge < -0.3 is 9.64 Å². The molecule has 4 heteroatoms. The van der Waals surface area contributed by atoms with E-state index in [4.69, 9.17) is 4.74 Å². The van der Waals surface area contributed by atoms with Gasteiger partial charge >= 0.3 is 6.09 Å². The van der Waals surface area contributed by atoms with Crippen LogP contribution in [0.1, 0.15) is 13.8 Å². The molecule has 0 atom stereocenters. The van der Waals surface area contributed by atoms with Crippen LogP contribution in [-0.2, 0) is 0 Å². The van der Waals surface area contributed by atoms with Gasteiger partial charge in [-0.1, -0.05) is 32.0 Å². The average Bonchev–Trinajstić information content (AvgIpc) is 2.40. The highest BCUT2D eigenvalue weighted by molar-refractivity contribution is 5.70. The molecule has 1 aromatic carbocycles. The Morgan fingerprint density at radius 3 is 2.37 bits per heavy atom. The van der Waals surface area contributed by atoms with E-state index in [-0.39, 0.29) is 6.09 Å². The van der Waals surface area contributed by atoms with Gasteiger partial charge in [-0.05, 0) is 18.1 Å². The zero-order chi connectivity index (χ0) is 13.7. The number of hydrogen-bond acceptors (Lipinski definition) is 3. The predicted molar refractivity (Wildman–Crippen MR) is 75.3 cm³/mol. The third kappa shape index (κ3) is 4.24. The molecule has 0 radical (unpaired) electrons. The fourth-order valence-electron chi connectivity index (χ4n) is 2.28. The Morgan fingerprint density at radius 1 is 1.16 bits per heavy atom. The van der Waals surface area contributed by atoms with Crippen molar-refractivity contribution < 1.29 is 9.53 Å². The SMILES string of the molecule is CC(C)CN1CCN(C(=O)Oc2ccccc2)CC1. The molecule has 19 heavy (non-hydrogen) atoms. The first kappa shape index (κ1) is 13.9. The number of para-hydroxylation sites is 1. The van der Waals surface area contributed by atoms with Crippen LogP contribution in [0.3, 0.4) is 0 Å². The summed E-state index contributed by atoms with van der Waals surface area (Å²) in [5.74, 6) is 1.28. The maximum atomic E-state index is 12.0. The summed E-state index contributed by atoms with van der Waals surface area (Å²) in [6.45, 7) is 8.90. The lowest BCUT2D eigenvalue weighted by molar-refractivity contribution is 0.105. The number of hydrogen-bond donors (Lipinski definition) is 0. The Hall–Kier alpha value is -1.55. The molecule has 0 N–H and O–H groups in total. The Balaban J connectivity index is 1.79. The first-order valence-corrected chi connectivity index (χ1v) is 6.89. The van der Waals surface area contributed by atoms with Gasteiger partial charge in [-0.3, -0.25) is 4.90 Å². The first-order valence-electron chi connectivity index (χ1n) is 6.89. The van der Waals surface area contributed by atoms with Crippen molar-refractivity contribution in [3.8, 4) is 5.75 Å². The highest BCUT2D eigenvalue weighted by atomic mass is 16.6. The van der Waals surface area contributed by atoms with E-state index in [0.29, 0.717) is 11.7 Å². The molecule has 2 rings (SSSR count). The van der Waals surface area contributed by atoms with Crippen molar-refractivity contribution in [1.29, 1.82) is 0 Å². The lowest BCUT2D eigenvalue weighted by atomic mass is 10.2. The van der Waals surface area contributed by atoms with Gasteiger partial charge in [0.15, 0.2) is 0 Å². The van der Waals surface area contributed by atoms with Gasteiger partial charge in [0.2, 0.25) is 0 Å². The molecule has 0 bridgehead atoms. The average molecular weight is 262 g/mol. The molecule has 1 saturated heterocycles. The molecular formula is C15H22N2O2. The Bertz CT molecular complexity index is 398. The monoisotopic (exact) mass is 262 g/mol. The summed E-state index contributed by atoms with van der Waals surface area (Å²) in [6, 6.07) is 9.23. The molecule has 1 aliphatic rings. The summed E-state index contributed by atoms with van der Waals surface area (Å²) >= 11 is 0. The fourth-order valence-corrected chi connectivity index (χ4v) is 2.28. The predicted octanol–water partition coefficient (Wildman–Crippen LogP) is 2.46. The van der Waals surface area contributed by atoms with Gasteiger partial charge in [0.1, 0.15) is 5.75 Å². The van der Waals surface area contributed by atoms with E-state index >= 15 is 0 Å². The molecule has 0 spiro atoms. The van der Waals surface area contributed by atoms with Gasteiger partial charge in [0.05, 0.1) is 0 Å². The van der Waals surface area contributed by atoms with Crippen molar-refractivity contribution in [2.24, 2.45) is 5.92 Å². The quantitative estimate of drug-likeness (QED) is 0.839. The van der Waals surface area contributed by atoms with Crippen LogP contribution >= 0.6 is 0 Å². The van der Waals surface area contributed by atoms with E-state index in [0.717, 1.165) is 32.7 Å². The summed E-state index contributed by atoms with van der Waals surface area (Å²) in [5, 5.41) is 0. The van der Waals surface area contributed by atoms with Crippen molar-refractivity contribution in [2.75, 3.05) is 32.7 Å². The summed E-state index contributed by atoms with van der Waals surface area (Å²) < 4.78 is 5.34. The van der Waals surface area contributed by atoms with Crippen molar-refractivity contribution in [3.63, 3.8) is 0 Å². The third-order valence-corrected chi connectivity index (χ3v) is 3.20. The minimum absolute atomic E-state index is 0.240. The van der Waals surface area contributed by atoms with E-state index in [1.165, 1.54) is 0 Å². The number of rotatable bonds is 3. The van der Waals surface area contributed by atoms with Crippen molar-refractivity contribution in [2.45, 2.75) is 13.8 Å². The van der Waals surface area contributed by atoms with E-state index in [9.17, 15) is 4.79 Å². The van der Waals surface area contributed by atoms with E-state index in [2.05, 4.69) is 18.7 Å². The number of benzene rings is 1. The number of amides is 1. The van der Waals surface area contributed by atoms with Gasteiger partial charge in [-0.25, -0.2) is 4.79 Å². The molecule has 0 unspecified atom stereocenters. The van der Waals surface area contributed by atoms with E-state index in [1.54, 1.807) is 17.0 Å². The van der Waals surface area contributed by atoms with Crippen LogP contribution in [0.25, 0.3) is 0 Å². The minimum atomic E-state index is -0.240. The second-order valence-electron chi connectivity index (χ2n) is 5.36. The lowest BCUT2D eigenvalue weighted by Crippen LogP contribution is -2.50. The molecule has 1 amide bonds. The number of carbonyl (C=O) groups excluding carboxylic acids is 1. The second-order valence-corrected chi connectivity index (χ2v) is 5.36. The van der Waals surface area contributed by atoms with Crippen LogP contribution in [0.5, 0.6) is 5.75 Å². The number of ether oxygens (including phenoxy) is 1. The van der Waals surface area contributed by atoms with E-state index in [1.807, 2.05) is 18.2 Å². The molecule has 104 valence electrons. The maximum Gasteiger partial charge on any atom is 0.415 e. The summed E-state index contributed by atoms with van der Waals surface area (Å²) in [7, 11) is 0. The van der Waals surface area contributed by atoms with Crippen molar-refractivity contribution >= 4 is 6.09 Å². The lowest BCUT2D eigenvalue weighted by Gasteiger charge is -2.34.